The van der Waals surface area contributed by atoms with Crippen molar-refractivity contribution in [2.45, 2.75) is 39.4 Å². The number of rotatable bonds is 4. The van der Waals surface area contributed by atoms with Crippen molar-refractivity contribution in [1.82, 2.24) is 25.0 Å². The van der Waals surface area contributed by atoms with Crippen LogP contribution in [0.25, 0.3) is 0 Å². The van der Waals surface area contributed by atoms with Crippen LogP contribution in [-0.4, -0.2) is 45.8 Å². The molecule has 2 rings (SSSR count). The Morgan fingerprint density at radius 1 is 1.41 bits per heavy atom. The molecular weight excluding hydrogens is 238 g/mol. The summed E-state index contributed by atoms with van der Waals surface area (Å²) >= 11 is 0. The molecule has 0 bridgehead atoms. The smallest absolute Gasteiger partial charge is 0.147 e. The molecule has 1 aromatic heterocycles. The highest BCUT2D eigenvalue weighted by Crippen LogP contribution is 2.12. The van der Waals surface area contributed by atoms with Crippen LogP contribution in [0.3, 0.4) is 0 Å². The van der Waals surface area contributed by atoms with Crippen molar-refractivity contribution in [3.05, 3.63) is 11.6 Å². The molecule has 1 aliphatic rings. The highest BCUT2D eigenvalue weighted by atomic mass is 35.5. The quantitative estimate of drug-likeness (QED) is 0.870. The molecule has 1 saturated heterocycles. The van der Waals surface area contributed by atoms with Crippen molar-refractivity contribution in [1.29, 1.82) is 0 Å². The topological polar surface area (TPSA) is 46.0 Å². The molecule has 1 unspecified atom stereocenters. The molecule has 2 heterocycles. The van der Waals surface area contributed by atoms with Gasteiger partial charge in [-0.15, -0.1) is 22.6 Å². The van der Waals surface area contributed by atoms with Crippen LogP contribution >= 0.6 is 12.4 Å². The number of hydrogen-bond acceptors (Lipinski definition) is 4. The molecule has 5 nitrogen and oxygen atoms in total. The number of aryl methyl sites for hydroxylation is 1. The average molecular weight is 260 g/mol. The lowest BCUT2D eigenvalue weighted by Gasteiger charge is -2.15. The van der Waals surface area contributed by atoms with Gasteiger partial charge in [0.2, 0.25) is 0 Å². The molecule has 0 radical (unpaired) electrons. The van der Waals surface area contributed by atoms with Crippen molar-refractivity contribution < 1.29 is 0 Å². The van der Waals surface area contributed by atoms with E-state index in [2.05, 4.69) is 31.9 Å². The SMILES string of the molecule is CCn1c(C)nnc1CN1CCC(NC)C1.Cl. The highest BCUT2D eigenvalue weighted by Gasteiger charge is 2.22. The van der Waals surface area contributed by atoms with Crippen LogP contribution in [0, 0.1) is 6.92 Å². The van der Waals surface area contributed by atoms with Crippen molar-refractivity contribution in [3.8, 4) is 0 Å². The van der Waals surface area contributed by atoms with Crippen LogP contribution in [0.15, 0.2) is 0 Å². The number of likely N-dealkylation sites (N-methyl/N-ethyl adjacent to an activating group) is 1. The molecule has 0 aromatic carbocycles. The van der Waals surface area contributed by atoms with Gasteiger partial charge < -0.3 is 9.88 Å². The van der Waals surface area contributed by atoms with Crippen molar-refractivity contribution in [3.63, 3.8) is 0 Å². The lowest BCUT2D eigenvalue weighted by atomic mass is 10.3. The first-order chi connectivity index (χ1) is 7.74. The lowest BCUT2D eigenvalue weighted by Crippen LogP contribution is -2.30. The fourth-order valence-electron chi connectivity index (χ4n) is 2.37. The maximum Gasteiger partial charge on any atom is 0.147 e. The first kappa shape index (κ1) is 14.4. The van der Waals surface area contributed by atoms with Gasteiger partial charge in [-0.1, -0.05) is 0 Å². The molecule has 1 aromatic rings. The van der Waals surface area contributed by atoms with Gasteiger partial charge in [0.1, 0.15) is 11.6 Å². The van der Waals surface area contributed by atoms with E-state index >= 15 is 0 Å². The van der Waals surface area contributed by atoms with E-state index < -0.39 is 0 Å². The van der Waals surface area contributed by atoms with Crippen LogP contribution in [-0.2, 0) is 13.1 Å². The number of nitrogens with one attached hydrogen (secondary N) is 1. The van der Waals surface area contributed by atoms with Crippen molar-refractivity contribution in [2.24, 2.45) is 0 Å². The minimum atomic E-state index is 0. The summed E-state index contributed by atoms with van der Waals surface area (Å²) in [4.78, 5) is 2.44. The molecule has 17 heavy (non-hydrogen) atoms. The van der Waals surface area contributed by atoms with Gasteiger partial charge in [-0.3, -0.25) is 4.90 Å². The van der Waals surface area contributed by atoms with E-state index in [0.29, 0.717) is 6.04 Å². The number of likely N-dealkylation sites (tertiary alicyclic amines) is 1. The maximum absolute atomic E-state index is 4.25. The molecular formula is C11H22ClN5. The van der Waals surface area contributed by atoms with Crippen molar-refractivity contribution in [2.75, 3.05) is 20.1 Å². The van der Waals surface area contributed by atoms with E-state index in [-0.39, 0.29) is 12.4 Å². The van der Waals surface area contributed by atoms with Crippen LogP contribution in [0.5, 0.6) is 0 Å². The second kappa shape index (κ2) is 6.33. The average Bonchev–Trinajstić information content (AvgIpc) is 2.86. The van der Waals surface area contributed by atoms with E-state index in [1.54, 1.807) is 0 Å². The van der Waals surface area contributed by atoms with Gasteiger partial charge in [0.15, 0.2) is 0 Å². The Balaban J connectivity index is 0.00000144. The lowest BCUT2D eigenvalue weighted by molar-refractivity contribution is 0.308. The molecule has 1 atom stereocenters. The molecule has 0 spiro atoms. The zero-order valence-corrected chi connectivity index (χ0v) is 11.6. The van der Waals surface area contributed by atoms with Gasteiger partial charge in [0, 0.05) is 25.7 Å². The van der Waals surface area contributed by atoms with Gasteiger partial charge in [-0.25, -0.2) is 0 Å². The van der Waals surface area contributed by atoms with Crippen LogP contribution in [0.4, 0.5) is 0 Å². The first-order valence-electron chi connectivity index (χ1n) is 6.03. The van der Waals surface area contributed by atoms with Crippen molar-refractivity contribution >= 4 is 12.4 Å². The van der Waals surface area contributed by atoms with Crippen LogP contribution in [0.1, 0.15) is 25.0 Å². The Labute approximate surface area is 109 Å². The van der Waals surface area contributed by atoms with E-state index in [9.17, 15) is 0 Å². The van der Waals surface area contributed by atoms with Crippen LogP contribution in [0.2, 0.25) is 0 Å². The molecule has 1 aliphatic heterocycles. The Kier molecular flexibility index (Phi) is 5.36. The second-order valence-corrected chi connectivity index (χ2v) is 4.42. The minimum absolute atomic E-state index is 0. The maximum atomic E-state index is 4.25. The fourth-order valence-corrected chi connectivity index (χ4v) is 2.37. The molecule has 0 saturated carbocycles. The highest BCUT2D eigenvalue weighted by molar-refractivity contribution is 5.85. The third-order valence-electron chi connectivity index (χ3n) is 3.37. The zero-order chi connectivity index (χ0) is 11.5. The Morgan fingerprint density at radius 3 is 2.76 bits per heavy atom. The van der Waals surface area contributed by atoms with Gasteiger partial charge in [-0.05, 0) is 27.3 Å². The minimum Gasteiger partial charge on any atom is -0.316 e. The summed E-state index contributed by atoms with van der Waals surface area (Å²) in [5.41, 5.74) is 0. The summed E-state index contributed by atoms with van der Waals surface area (Å²) in [5.74, 6) is 2.11. The van der Waals surface area contributed by atoms with Gasteiger partial charge in [0.25, 0.3) is 0 Å². The Morgan fingerprint density at radius 2 is 2.18 bits per heavy atom. The summed E-state index contributed by atoms with van der Waals surface area (Å²) in [6, 6.07) is 0.638. The predicted octanol–water partition coefficient (Wildman–Crippen LogP) is 0.822. The van der Waals surface area contributed by atoms with E-state index in [1.807, 2.05) is 14.0 Å². The van der Waals surface area contributed by atoms with Crippen LogP contribution < -0.4 is 5.32 Å². The number of aromatic nitrogens is 3. The molecule has 1 N–H and O–H groups in total. The van der Waals surface area contributed by atoms with E-state index in [0.717, 1.165) is 37.8 Å². The summed E-state index contributed by atoms with van der Waals surface area (Å²) in [5, 5.41) is 11.7. The second-order valence-electron chi connectivity index (χ2n) is 4.42. The third kappa shape index (κ3) is 3.18. The normalized spacial score (nSPS) is 20.5. The third-order valence-corrected chi connectivity index (χ3v) is 3.37. The molecule has 98 valence electrons. The Hall–Kier alpha value is -0.650. The number of hydrogen-bond donors (Lipinski definition) is 1. The van der Waals surface area contributed by atoms with Gasteiger partial charge in [0.05, 0.1) is 6.54 Å². The number of nitrogens with zero attached hydrogens (tertiary/aromatic N) is 4. The van der Waals surface area contributed by atoms with Gasteiger partial charge >= 0.3 is 0 Å². The monoisotopic (exact) mass is 259 g/mol. The summed E-state index contributed by atoms with van der Waals surface area (Å²) in [6.45, 7) is 8.30. The van der Waals surface area contributed by atoms with E-state index in [4.69, 9.17) is 0 Å². The predicted molar refractivity (Wildman–Crippen MR) is 70.4 cm³/mol. The number of halogens is 1. The fraction of sp³-hybridized carbons (Fsp3) is 0.818. The molecule has 0 amide bonds. The standard InChI is InChI=1S/C11H21N5.ClH/c1-4-16-9(2)13-14-11(16)8-15-6-5-10(7-15)12-3;/h10,12H,4-8H2,1-3H3;1H. The van der Waals surface area contributed by atoms with Gasteiger partial charge in [-0.2, -0.15) is 0 Å². The summed E-state index contributed by atoms with van der Waals surface area (Å²) in [6.07, 6.45) is 1.23. The first-order valence-corrected chi connectivity index (χ1v) is 6.03. The largest absolute Gasteiger partial charge is 0.316 e. The summed E-state index contributed by atoms with van der Waals surface area (Å²) < 4.78 is 2.19. The molecule has 1 fully saturated rings. The zero-order valence-electron chi connectivity index (χ0n) is 10.8. The summed E-state index contributed by atoms with van der Waals surface area (Å²) in [7, 11) is 2.03. The Bertz CT molecular complexity index is 352. The molecule has 0 aliphatic carbocycles. The molecule has 6 heteroatoms. The van der Waals surface area contributed by atoms with E-state index in [1.165, 1.54) is 6.42 Å².